The summed E-state index contributed by atoms with van der Waals surface area (Å²) in [6.07, 6.45) is 0.933. The first-order valence-corrected chi connectivity index (χ1v) is 8.14. The highest BCUT2D eigenvalue weighted by atomic mass is 19.1. The third-order valence-electron chi connectivity index (χ3n) is 4.47. The molecule has 1 heterocycles. The van der Waals surface area contributed by atoms with Crippen LogP contribution in [0.5, 0.6) is 0 Å². The van der Waals surface area contributed by atoms with Crippen molar-refractivity contribution in [3.63, 3.8) is 0 Å². The van der Waals surface area contributed by atoms with Gasteiger partial charge in [0.2, 0.25) is 5.91 Å². The summed E-state index contributed by atoms with van der Waals surface area (Å²) in [4.78, 5) is 14.0. The van der Waals surface area contributed by atoms with Crippen molar-refractivity contribution in [3.8, 4) is 11.1 Å². The van der Waals surface area contributed by atoms with E-state index < -0.39 is 12.1 Å². The fourth-order valence-electron chi connectivity index (χ4n) is 3.01. The Bertz CT molecular complexity index is 694. The lowest BCUT2D eigenvalue weighted by molar-refractivity contribution is -0.134. The van der Waals surface area contributed by atoms with Gasteiger partial charge in [0.1, 0.15) is 18.0 Å². The van der Waals surface area contributed by atoms with Crippen molar-refractivity contribution in [2.45, 2.75) is 25.0 Å². The van der Waals surface area contributed by atoms with Crippen LogP contribution in [-0.4, -0.2) is 35.0 Å². The summed E-state index contributed by atoms with van der Waals surface area (Å²) in [5, 5.41) is 10.4. The van der Waals surface area contributed by atoms with Crippen molar-refractivity contribution in [2.75, 3.05) is 13.1 Å². The molecule has 1 saturated heterocycles. The summed E-state index contributed by atoms with van der Waals surface area (Å²) in [5.41, 5.74) is 8.35. The van der Waals surface area contributed by atoms with E-state index in [1.54, 1.807) is 29.2 Å². The monoisotopic (exact) mass is 328 g/mol. The molecule has 0 bridgehead atoms. The highest BCUT2D eigenvalue weighted by Gasteiger charge is 2.29. The number of amides is 1. The second-order valence-electron chi connectivity index (χ2n) is 6.13. The molecule has 2 unspecified atom stereocenters. The first kappa shape index (κ1) is 16.6. The number of halogens is 1. The predicted octanol–water partition coefficient (Wildman–Crippen LogP) is 2.48. The molecule has 5 heteroatoms. The van der Waals surface area contributed by atoms with Crippen LogP contribution in [0.25, 0.3) is 11.1 Å². The number of hydrogen-bond acceptors (Lipinski definition) is 3. The number of carbonyl (C=O) groups excluding carboxylic acids is 1. The fraction of sp³-hybridized carbons (Fsp3) is 0.316. The SMILES string of the molecule is NC(C(=O)N1CCCC1)C(O)c1ccc(-c2ccc(F)cc2)cc1. The highest BCUT2D eigenvalue weighted by Crippen LogP contribution is 2.24. The number of carbonyl (C=O) groups is 1. The summed E-state index contributed by atoms with van der Waals surface area (Å²) in [5.74, 6) is -0.486. The molecule has 2 atom stereocenters. The van der Waals surface area contributed by atoms with Gasteiger partial charge in [0.05, 0.1) is 0 Å². The Morgan fingerprint density at radius 1 is 1.00 bits per heavy atom. The van der Waals surface area contributed by atoms with Crippen molar-refractivity contribution in [1.29, 1.82) is 0 Å². The Morgan fingerprint density at radius 3 is 2.04 bits per heavy atom. The zero-order chi connectivity index (χ0) is 17.1. The number of rotatable bonds is 4. The normalized spacial score (nSPS) is 16.9. The number of nitrogens with two attached hydrogens (primary N) is 1. The highest BCUT2D eigenvalue weighted by molar-refractivity contribution is 5.82. The number of nitrogens with zero attached hydrogens (tertiary/aromatic N) is 1. The lowest BCUT2D eigenvalue weighted by Crippen LogP contribution is -2.45. The van der Waals surface area contributed by atoms with Gasteiger partial charge >= 0.3 is 0 Å². The topological polar surface area (TPSA) is 66.6 Å². The molecule has 0 spiro atoms. The van der Waals surface area contributed by atoms with E-state index in [1.807, 2.05) is 12.1 Å². The third kappa shape index (κ3) is 3.47. The molecular formula is C19H21FN2O2. The molecule has 1 fully saturated rings. The van der Waals surface area contributed by atoms with Gasteiger partial charge in [-0.25, -0.2) is 4.39 Å². The van der Waals surface area contributed by atoms with E-state index in [0.717, 1.165) is 24.0 Å². The van der Waals surface area contributed by atoms with Gasteiger partial charge in [0.15, 0.2) is 0 Å². The van der Waals surface area contributed by atoms with E-state index in [2.05, 4.69) is 0 Å². The molecule has 2 aromatic carbocycles. The molecule has 0 aromatic heterocycles. The summed E-state index contributed by atoms with van der Waals surface area (Å²) >= 11 is 0. The van der Waals surface area contributed by atoms with Gasteiger partial charge in [-0.1, -0.05) is 36.4 Å². The molecule has 1 aliphatic rings. The lowest BCUT2D eigenvalue weighted by atomic mass is 9.98. The summed E-state index contributed by atoms with van der Waals surface area (Å²) < 4.78 is 13.0. The Balaban J connectivity index is 1.72. The maximum atomic E-state index is 13.0. The average Bonchev–Trinajstić information content (AvgIpc) is 3.15. The predicted molar refractivity (Wildman–Crippen MR) is 90.6 cm³/mol. The van der Waals surface area contributed by atoms with Gasteiger partial charge < -0.3 is 15.7 Å². The quantitative estimate of drug-likeness (QED) is 0.906. The van der Waals surface area contributed by atoms with E-state index in [4.69, 9.17) is 5.73 Å². The molecule has 4 nitrogen and oxygen atoms in total. The smallest absolute Gasteiger partial charge is 0.242 e. The minimum Gasteiger partial charge on any atom is -0.386 e. The molecule has 0 saturated carbocycles. The number of aliphatic hydroxyl groups is 1. The summed E-state index contributed by atoms with van der Waals surface area (Å²) in [6, 6.07) is 12.4. The van der Waals surface area contributed by atoms with Gasteiger partial charge in [0, 0.05) is 13.1 Å². The minimum atomic E-state index is -1.04. The molecule has 0 aliphatic carbocycles. The molecule has 3 N–H and O–H groups in total. The molecule has 3 rings (SSSR count). The van der Waals surface area contributed by atoms with E-state index >= 15 is 0 Å². The zero-order valence-corrected chi connectivity index (χ0v) is 13.4. The van der Waals surface area contributed by atoms with Gasteiger partial charge in [-0.05, 0) is 41.7 Å². The molecule has 1 aliphatic heterocycles. The molecule has 0 radical (unpaired) electrons. The van der Waals surface area contributed by atoms with E-state index in [9.17, 15) is 14.3 Å². The van der Waals surface area contributed by atoms with Crippen molar-refractivity contribution in [2.24, 2.45) is 5.73 Å². The first-order valence-electron chi connectivity index (χ1n) is 8.14. The molecule has 126 valence electrons. The first-order chi connectivity index (χ1) is 11.6. The van der Waals surface area contributed by atoms with Gasteiger partial charge in [-0.2, -0.15) is 0 Å². The van der Waals surface area contributed by atoms with E-state index in [0.29, 0.717) is 18.7 Å². The Kier molecular flexibility index (Phi) is 4.92. The van der Waals surface area contributed by atoms with Crippen molar-refractivity contribution in [3.05, 3.63) is 59.9 Å². The largest absolute Gasteiger partial charge is 0.386 e. The van der Waals surface area contributed by atoms with Crippen LogP contribution >= 0.6 is 0 Å². The number of likely N-dealkylation sites (tertiary alicyclic amines) is 1. The fourth-order valence-corrected chi connectivity index (χ4v) is 3.01. The average molecular weight is 328 g/mol. The van der Waals surface area contributed by atoms with Crippen LogP contribution in [0.2, 0.25) is 0 Å². The number of aliphatic hydroxyl groups excluding tert-OH is 1. The van der Waals surface area contributed by atoms with Crippen LogP contribution in [0.1, 0.15) is 24.5 Å². The second-order valence-corrected chi connectivity index (χ2v) is 6.13. The minimum absolute atomic E-state index is 0.206. The lowest BCUT2D eigenvalue weighted by Gasteiger charge is -2.24. The third-order valence-corrected chi connectivity index (χ3v) is 4.47. The van der Waals surface area contributed by atoms with Crippen LogP contribution in [0.3, 0.4) is 0 Å². The van der Waals surface area contributed by atoms with Crippen LogP contribution in [0, 0.1) is 5.82 Å². The van der Waals surface area contributed by atoms with E-state index in [1.165, 1.54) is 12.1 Å². The zero-order valence-electron chi connectivity index (χ0n) is 13.4. The Hall–Kier alpha value is -2.24. The maximum Gasteiger partial charge on any atom is 0.242 e. The molecular weight excluding hydrogens is 307 g/mol. The molecule has 2 aromatic rings. The van der Waals surface area contributed by atoms with Crippen LogP contribution in [-0.2, 0) is 4.79 Å². The Labute approximate surface area is 140 Å². The van der Waals surface area contributed by atoms with Gasteiger partial charge in [0.25, 0.3) is 0 Å². The van der Waals surface area contributed by atoms with Crippen LogP contribution < -0.4 is 5.73 Å². The van der Waals surface area contributed by atoms with E-state index in [-0.39, 0.29) is 11.7 Å². The Morgan fingerprint density at radius 2 is 1.50 bits per heavy atom. The van der Waals surface area contributed by atoms with Crippen molar-refractivity contribution in [1.82, 2.24) is 4.90 Å². The number of hydrogen-bond donors (Lipinski definition) is 2. The second kappa shape index (κ2) is 7.11. The van der Waals surface area contributed by atoms with Gasteiger partial charge in [-0.3, -0.25) is 4.79 Å². The summed E-state index contributed by atoms with van der Waals surface area (Å²) in [6.45, 7) is 1.42. The van der Waals surface area contributed by atoms with Crippen LogP contribution in [0.15, 0.2) is 48.5 Å². The molecule has 24 heavy (non-hydrogen) atoms. The van der Waals surface area contributed by atoms with Crippen molar-refractivity contribution >= 4 is 5.91 Å². The molecule has 1 amide bonds. The van der Waals surface area contributed by atoms with Crippen LogP contribution in [0.4, 0.5) is 4.39 Å². The maximum absolute atomic E-state index is 13.0. The standard InChI is InChI=1S/C19H21FN2O2/c20-16-9-7-14(8-10-16)13-3-5-15(6-4-13)18(23)17(21)19(24)22-11-1-2-12-22/h3-10,17-18,23H,1-2,11-12,21H2. The number of benzene rings is 2. The summed E-state index contributed by atoms with van der Waals surface area (Å²) in [7, 11) is 0. The van der Waals surface area contributed by atoms with Gasteiger partial charge in [-0.15, -0.1) is 0 Å². The van der Waals surface area contributed by atoms with Crippen molar-refractivity contribution < 1.29 is 14.3 Å².